The largest absolute Gasteiger partial charge is 0.352 e. The van der Waals surface area contributed by atoms with E-state index in [0.717, 1.165) is 30.5 Å². The van der Waals surface area contributed by atoms with E-state index >= 15 is 0 Å². The zero-order valence-corrected chi connectivity index (χ0v) is 11.6. The zero-order chi connectivity index (χ0) is 13.1. The lowest BCUT2D eigenvalue weighted by Gasteiger charge is -2.10. The lowest BCUT2D eigenvalue weighted by molar-refractivity contribution is 0.0954. The Balaban J connectivity index is 1.60. The summed E-state index contributed by atoms with van der Waals surface area (Å²) in [5.41, 5.74) is 0.806. The molecule has 19 heavy (non-hydrogen) atoms. The fraction of sp³-hybridized carbons (Fsp3) is 0.400. The number of benzene rings is 1. The Bertz CT molecular complexity index is 572. The molecule has 1 fully saturated rings. The van der Waals surface area contributed by atoms with Crippen LogP contribution in [0.25, 0.3) is 10.1 Å². The summed E-state index contributed by atoms with van der Waals surface area (Å²) < 4.78 is 1.17. The monoisotopic (exact) mass is 274 g/mol. The van der Waals surface area contributed by atoms with E-state index in [2.05, 4.69) is 16.7 Å². The molecule has 3 nitrogen and oxygen atoms in total. The minimum Gasteiger partial charge on any atom is -0.352 e. The van der Waals surface area contributed by atoms with Crippen LogP contribution >= 0.6 is 11.3 Å². The average molecular weight is 274 g/mol. The zero-order valence-electron chi connectivity index (χ0n) is 10.8. The molecule has 0 saturated carbocycles. The third-order valence-electron chi connectivity index (χ3n) is 3.67. The third-order valence-corrected chi connectivity index (χ3v) is 4.63. The van der Waals surface area contributed by atoms with Crippen LogP contribution in [-0.2, 0) is 0 Å². The van der Waals surface area contributed by atoms with E-state index in [1.54, 1.807) is 11.3 Å². The van der Waals surface area contributed by atoms with Gasteiger partial charge in [0, 0.05) is 28.1 Å². The van der Waals surface area contributed by atoms with Gasteiger partial charge in [-0.3, -0.25) is 4.79 Å². The topological polar surface area (TPSA) is 41.1 Å². The summed E-state index contributed by atoms with van der Waals surface area (Å²) in [4.78, 5) is 12.2. The Kier molecular flexibility index (Phi) is 3.80. The number of hydrogen-bond donors (Lipinski definition) is 2. The summed E-state index contributed by atoms with van der Waals surface area (Å²) in [5.74, 6) is 0.0513. The number of rotatable bonds is 4. The van der Waals surface area contributed by atoms with Crippen molar-refractivity contribution in [2.24, 2.45) is 0 Å². The van der Waals surface area contributed by atoms with Gasteiger partial charge in [0.2, 0.25) is 0 Å². The molecule has 1 amide bonds. The molecule has 0 bridgehead atoms. The predicted molar refractivity (Wildman–Crippen MR) is 79.8 cm³/mol. The predicted octanol–water partition coefficient (Wildman–Crippen LogP) is 2.77. The Labute approximate surface area is 117 Å². The second-order valence-corrected chi connectivity index (χ2v) is 5.89. The number of hydrogen-bond acceptors (Lipinski definition) is 3. The van der Waals surface area contributed by atoms with Gasteiger partial charge in [-0.1, -0.05) is 18.2 Å². The van der Waals surface area contributed by atoms with Gasteiger partial charge >= 0.3 is 0 Å². The molecular weight excluding hydrogens is 256 g/mol. The quantitative estimate of drug-likeness (QED) is 0.900. The molecule has 2 heterocycles. The summed E-state index contributed by atoms with van der Waals surface area (Å²) in [7, 11) is 0. The molecule has 1 aliphatic heterocycles. The smallest absolute Gasteiger partial charge is 0.252 e. The summed E-state index contributed by atoms with van der Waals surface area (Å²) in [6.45, 7) is 1.87. The maximum absolute atomic E-state index is 12.2. The number of carbonyl (C=O) groups is 1. The molecule has 0 unspecified atom stereocenters. The van der Waals surface area contributed by atoms with Gasteiger partial charge in [0.15, 0.2) is 0 Å². The molecule has 0 aliphatic carbocycles. The molecule has 2 aromatic rings. The van der Waals surface area contributed by atoms with Crippen LogP contribution < -0.4 is 10.6 Å². The van der Waals surface area contributed by atoms with Crippen LogP contribution in [0.1, 0.15) is 29.6 Å². The first-order valence-corrected chi connectivity index (χ1v) is 7.70. The Morgan fingerprint density at radius 3 is 3.16 bits per heavy atom. The maximum Gasteiger partial charge on any atom is 0.252 e. The van der Waals surface area contributed by atoms with Crippen molar-refractivity contribution in [1.29, 1.82) is 0 Å². The number of thiophene rings is 1. The molecule has 4 heteroatoms. The van der Waals surface area contributed by atoms with Crippen molar-refractivity contribution >= 4 is 27.3 Å². The Morgan fingerprint density at radius 2 is 2.32 bits per heavy atom. The summed E-state index contributed by atoms with van der Waals surface area (Å²) >= 11 is 1.63. The van der Waals surface area contributed by atoms with Crippen LogP contribution in [0.3, 0.4) is 0 Å². The second-order valence-electron chi connectivity index (χ2n) is 4.98. The molecule has 1 aliphatic rings. The van der Waals surface area contributed by atoms with Crippen molar-refractivity contribution in [1.82, 2.24) is 10.6 Å². The first-order chi connectivity index (χ1) is 9.34. The van der Waals surface area contributed by atoms with Gasteiger partial charge in [-0.2, -0.15) is 0 Å². The molecular formula is C15H18N2OS. The highest BCUT2D eigenvalue weighted by atomic mass is 32.1. The molecule has 1 saturated heterocycles. The molecule has 0 spiro atoms. The number of fused-ring (bicyclic) bond motifs is 1. The fourth-order valence-electron chi connectivity index (χ4n) is 2.61. The van der Waals surface area contributed by atoms with E-state index < -0.39 is 0 Å². The van der Waals surface area contributed by atoms with Crippen LogP contribution in [-0.4, -0.2) is 25.0 Å². The molecule has 3 rings (SSSR count). The first kappa shape index (κ1) is 12.6. The van der Waals surface area contributed by atoms with E-state index in [4.69, 9.17) is 0 Å². The van der Waals surface area contributed by atoms with Crippen LogP contribution in [0.5, 0.6) is 0 Å². The van der Waals surface area contributed by atoms with Crippen LogP contribution in [0, 0.1) is 0 Å². The molecule has 100 valence electrons. The van der Waals surface area contributed by atoms with Gasteiger partial charge in [0.1, 0.15) is 0 Å². The van der Waals surface area contributed by atoms with Gasteiger partial charge in [-0.15, -0.1) is 11.3 Å². The highest BCUT2D eigenvalue weighted by molar-refractivity contribution is 7.17. The molecule has 1 aromatic heterocycles. The van der Waals surface area contributed by atoms with E-state index in [1.165, 1.54) is 17.5 Å². The lowest BCUT2D eigenvalue weighted by atomic mass is 10.1. The third kappa shape index (κ3) is 2.80. The Hall–Kier alpha value is -1.39. The highest BCUT2D eigenvalue weighted by Crippen LogP contribution is 2.25. The summed E-state index contributed by atoms with van der Waals surface area (Å²) in [5, 5.41) is 9.49. The minimum atomic E-state index is 0.0513. The van der Waals surface area contributed by atoms with E-state index in [9.17, 15) is 4.79 Å². The van der Waals surface area contributed by atoms with Crippen molar-refractivity contribution in [3.8, 4) is 0 Å². The highest BCUT2D eigenvalue weighted by Gasteiger charge is 2.15. The standard InChI is InChI=1S/C15H18N2OS/c18-15(17-9-7-11-4-3-8-16-11)13-10-19-14-6-2-1-5-12(13)14/h1-2,5-6,10-11,16H,3-4,7-9H2,(H,17,18)/t11-/m0/s1. The van der Waals surface area contributed by atoms with Crippen molar-refractivity contribution in [2.75, 3.05) is 13.1 Å². The van der Waals surface area contributed by atoms with Gasteiger partial charge in [-0.05, 0) is 31.9 Å². The summed E-state index contributed by atoms with van der Waals surface area (Å²) in [6.07, 6.45) is 3.51. The van der Waals surface area contributed by atoms with Crippen molar-refractivity contribution < 1.29 is 4.79 Å². The number of amides is 1. The normalized spacial score (nSPS) is 18.8. The van der Waals surface area contributed by atoms with Crippen molar-refractivity contribution in [3.05, 3.63) is 35.2 Å². The van der Waals surface area contributed by atoms with E-state index in [0.29, 0.717) is 6.04 Å². The van der Waals surface area contributed by atoms with Gasteiger partial charge in [0.25, 0.3) is 5.91 Å². The summed E-state index contributed by atoms with van der Waals surface area (Å²) in [6, 6.07) is 8.64. The number of carbonyl (C=O) groups excluding carboxylic acids is 1. The van der Waals surface area contributed by atoms with Gasteiger partial charge in [-0.25, -0.2) is 0 Å². The van der Waals surface area contributed by atoms with Crippen LogP contribution in [0.2, 0.25) is 0 Å². The fourth-order valence-corrected chi connectivity index (χ4v) is 3.55. The van der Waals surface area contributed by atoms with E-state index in [-0.39, 0.29) is 5.91 Å². The molecule has 1 atom stereocenters. The SMILES string of the molecule is O=C(NCC[C@@H]1CCCN1)c1csc2ccccc12. The first-order valence-electron chi connectivity index (χ1n) is 6.82. The second kappa shape index (κ2) is 5.72. The maximum atomic E-state index is 12.2. The molecule has 2 N–H and O–H groups in total. The van der Waals surface area contributed by atoms with Gasteiger partial charge in [0.05, 0.1) is 5.56 Å². The molecule has 1 aromatic carbocycles. The minimum absolute atomic E-state index is 0.0513. The van der Waals surface area contributed by atoms with Crippen LogP contribution in [0.4, 0.5) is 0 Å². The van der Waals surface area contributed by atoms with Crippen molar-refractivity contribution in [3.63, 3.8) is 0 Å². The van der Waals surface area contributed by atoms with Crippen LogP contribution in [0.15, 0.2) is 29.6 Å². The molecule has 0 radical (unpaired) electrons. The van der Waals surface area contributed by atoms with Crippen molar-refractivity contribution in [2.45, 2.75) is 25.3 Å². The lowest BCUT2D eigenvalue weighted by Crippen LogP contribution is -2.30. The Morgan fingerprint density at radius 1 is 1.42 bits per heavy atom. The number of nitrogens with one attached hydrogen (secondary N) is 2. The van der Waals surface area contributed by atoms with Gasteiger partial charge < -0.3 is 10.6 Å². The van der Waals surface area contributed by atoms with E-state index in [1.807, 2.05) is 23.6 Å². The average Bonchev–Trinajstić information content (AvgIpc) is 3.07.